The van der Waals surface area contributed by atoms with Crippen LogP contribution in [0.15, 0.2) is 54.9 Å². The number of benzene rings is 2. The molecule has 0 saturated heterocycles. The number of para-hydroxylation sites is 1. The first-order chi connectivity index (χ1) is 13.4. The summed E-state index contributed by atoms with van der Waals surface area (Å²) in [7, 11) is 1.81. The van der Waals surface area contributed by atoms with Gasteiger partial charge in [0.05, 0.1) is 17.6 Å². The molecule has 1 aromatic heterocycles. The van der Waals surface area contributed by atoms with Crippen molar-refractivity contribution >= 4 is 28.5 Å². The van der Waals surface area contributed by atoms with Gasteiger partial charge in [-0.25, -0.2) is 8.51 Å². The average Bonchev–Trinajstić information content (AvgIpc) is 3.08. The summed E-state index contributed by atoms with van der Waals surface area (Å²) >= 11 is -2.29. The molecule has 1 amide bonds. The Kier molecular flexibility index (Phi) is 5.91. The number of hydrogen-bond donors (Lipinski definition) is 2. The molecule has 0 bridgehead atoms. The Balaban J connectivity index is 1.90. The van der Waals surface area contributed by atoms with Crippen LogP contribution in [0.25, 0.3) is 0 Å². The van der Waals surface area contributed by atoms with E-state index in [1.807, 2.05) is 45.3 Å². The molecule has 0 aliphatic heterocycles. The molecule has 0 fully saturated rings. The fourth-order valence-corrected chi connectivity index (χ4v) is 3.64. The predicted octanol–water partition coefficient (Wildman–Crippen LogP) is 3.24. The molecule has 0 spiro atoms. The largest absolute Gasteiger partial charge is 0.348 e. The number of anilines is 2. The summed E-state index contributed by atoms with van der Waals surface area (Å²) in [5.41, 5.74) is 4.06. The Morgan fingerprint density at radius 1 is 1.18 bits per heavy atom. The van der Waals surface area contributed by atoms with Crippen LogP contribution in [-0.2, 0) is 24.9 Å². The molecule has 7 nitrogen and oxygen atoms in total. The molecule has 146 valence electrons. The SMILES string of the molecule is Cc1ccccc1N(c1cc(C(=O)NCc2cnn(C)c2)ccc1C)S(=O)O. The lowest BCUT2D eigenvalue weighted by atomic mass is 10.1. The second-order valence-electron chi connectivity index (χ2n) is 6.52. The van der Waals surface area contributed by atoms with Gasteiger partial charge in [0.1, 0.15) is 0 Å². The lowest BCUT2D eigenvalue weighted by Gasteiger charge is -2.24. The summed E-state index contributed by atoms with van der Waals surface area (Å²) < 4.78 is 25.1. The molecule has 2 N–H and O–H groups in total. The number of nitrogens with one attached hydrogen (secondary N) is 1. The standard InChI is InChI=1S/C20H22N4O3S/c1-14-6-4-5-7-18(14)24(28(26)27)19-10-17(9-8-15(19)2)20(25)21-11-16-12-22-23(3)13-16/h4-10,12-13H,11H2,1-3H3,(H,21,25)(H,26,27). The van der Waals surface area contributed by atoms with Crippen molar-refractivity contribution < 1.29 is 13.6 Å². The maximum Gasteiger partial charge on any atom is 0.266 e. The predicted molar refractivity (Wildman–Crippen MR) is 110 cm³/mol. The van der Waals surface area contributed by atoms with E-state index in [1.54, 1.807) is 35.1 Å². The molecule has 0 aliphatic rings. The molecule has 28 heavy (non-hydrogen) atoms. The van der Waals surface area contributed by atoms with Crippen LogP contribution < -0.4 is 9.62 Å². The summed E-state index contributed by atoms with van der Waals surface area (Å²) in [6.07, 6.45) is 3.52. The zero-order valence-corrected chi connectivity index (χ0v) is 16.7. The Bertz CT molecular complexity index is 1030. The highest BCUT2D eigenvalue weighted by Crippen LogP contribution is 2.32. The molecule has 1 heterocycles. The number of rotatable bonds is 6. The molecule has 0 saturated carbocycles. The Labute approximate surface area is 166 Å². The quantitative estimate of drug-likeness (QED) is 0.624. The van der Waals surface area contributed by atoms with Crippen molar-refractivity contribution in [3.63, 3.8) is 0 Å². The minimum Gasteiger partial charge on any atom is -0.348 e. The molecule has 1 unspecified atom stereocenters. The monoisotopic (exact) mass is 398 g/mol. The van der Waals surface area contributed by atoms with Gasteiger partial charge in [0.25, 0.3) is 17.2 Å². The second kappa shape index (κ2) is 8.37. The molecule has 0 radical (unpaired) electrons. The van der Waals surface area contributed by atoms with E-state index in [9.17, 15) is 13.6 Å². The number of hydrogen-bond acceptors (Lipinski definition) is 3. The average molecular weight is 398 g/mol. The van der Waals surface area contributed by atoms with Crippen LogP contribution in [-0.4, -0.2) is 24.4 Å². The van der Waals surface area contributed by atoms with Crippen molar-refractivity contribution in [1.82, 2.24) is 15.1 Å². The van der Waals surface area contributed by atoms with Crippen molar-refractivity contribution in [2.45, 2.75) is 20.4 Å². The Morgan fingerprint density at radius 2 is 1.89 bits per heavy atom. The first kappa shape index (κ1) is 19.8. The lowest BCUT2D eigenvalue weighted by molar-refractivity contribution is 0.0951. The number of carbonyl (C=O) groups is 1. The van der Waals surface area contributed by atoms with Gasteiger partial charge in [0.15, 0.2) is 0 Å². The van der Waals surface area contributed by atoms with E-state index in [1.165, 1.54) is 4.31 Å². The zero-order chi connectivity index (χ0) is 20.3. The van der Waals surface area contributed by atoms with E-state index >= 15 is 0 Å². The minimum atomic E-state index is -2.29. The first-order valence-corrected chi connectivity index (χ1v) is 9.76. The van der Waals surface area contributed by atoms with Crippen molar-refractivity contribution in [3.8, 4) is 0 Å². The van der Waals surface area contributed by atoms with Crippen molar-refractivity contribution in [3.05, 3.63) is 77.1 Å². The normalized spacial score (nSPS) is 11.9. The molecule has 3 aromatic rings. The summed E-state index contributed by atoms with van der Waals surface area (Å²) in [4.78, 5) is 12.6. The number of carbonyl (C=O) groups excluding carboxylic acids is 1. The van der Waals surface area contributed by atoms with E-state index in [0.717, 1.165) is 16.7 Å². The molecule has 3 rings (SSSR count). The third-order valence-corrected chi connectivity index (χ3v) is 5.10. The fourth-order valence-electron chi connectivity index (χ4n) is 2.91. The van der Waals surface area contributed by atoms with E-state index in [4.69, 9.17) is 0 Å². The highest BCUT2D eigenvalue weighted by molar-refractivity contribution is 7.81. The van der Waals surface area contributed by atoms with Crippen LogP contribution in [0.2, 0.25) is 0 Å². The van der Waals surface area contributed by atoms with Gasteiger partial charge in [0, 0.05) is 30.9 Å². The molecular formula is C20H22N4O3S. The molecule has 2 aromatic carbocycles. The van der Waals surface area contributed by atoms with Gasteiger partial charge in [-0.2, -0.15) is 5.10 Å². The Morgan fingerprint density at radius 3 is 2.54 bits per heavy atom. The van der Waals surface area contributed by atoms with Crippen LogP contribution >= 0.6 is 0 Å². The first-order valence-electron chi connectivity index (χ1n) is 8.70. The Hall–Kier alpha value is -2.97. The van der Waals surface area contributed by atoms with Crippen LogP contribution in [0, 0.1) is 13.8 Å². The van der Waals surface area contributed by atoms with Crippen LogP contribution in [0.5, 0.6) is 0 Å². The minimum absolute atomic E-state index is 0.265. The van der Waals surface area contributed by atoms with Gasteiger partial charge in [-0.3, -0.25) is 14.0 Å². The molecule has 0 aliphatic carbocycles. The number of nitrogens with zero attached hydrogens (tertiary/aromatic N) is 3. The third kappa shape index (κ3) is 4.29. The maximum absolute atomic E-state index is 12.6. The van der Waals surface area contributed by atoms with Crippen LogP contribution in [0.3, 0.4) is 0 Å². The van der Waals surface area contributed by atoms with Crippen molar-refractivity contribution in [2.24, 2.45) is 7.05 Å². The van der Waals surface area contributed by atoms with Crippen LogP contribution in [0.1, 0.15) is 27.0 Å². The molecule has 1 atom stereocenters. The lowest BCUT2D eigenvalue weighted by Crippen LogP contribution is -2.24. The van der Waals surface area contributed by atoms with E-state index in [0.29, 0.717) is 23.5 Å². The van der Waals surface area contributed by atoms with Gasteiger partial charge in [-0.05, 0) is 43.2 Å². The van der Waals surface area contributed by atoms with Gasteiger partial charge in [-0.15, -0.1) is 0 Å². The van der Waals surface area contributed by atoms with Crippen molar-refractivity contribution in [2.75, 3.05) is 4.31 Å². The number of aryl methyl sites for hydroxylation is 3. The second-order valence-corrected chi connectivity index (χ2v) is 7.34. The maximum atomic E-state index is 12.6. The smallest absolute Gasteiger partial charge is 0.266 e. The highest BCUT2D eigenvalue weighted by atomic mass is 32.2. The highest BCUT2D eigenvalue weighted by Gasteiger charge is 2.20. The topological polar surface area (TPSA) is 87.5 Å². The number of aromatic nitrogens is 2. The fraction of sp³-hybridized carbons (Fsp3) is 0.200. The summed E-state index contributed by atoms with van der Waals surface area (Å²) in [6.45, 7) is 4.06. The number of amides is 1. The van der Waals surface area contributed by atoms with E-state index in [2.05, 4.69) is 10.4 Å². The van der Waals surface area contributed by atoms with Crippen molar-refractivity contribution in [1.29, 1.82) is 0 Å². The van der Waals surface area contributed by atoms with Gasteiger partial charge in [-0.1, -0.05) is 24.3 Å². The van der Waals surface area contributed by atoms with E-state index < -0.39 is 11.3 Å². The van der Waals surface area contributed by atoms with Crippen LogP contribution in [0.4, 0.5) is 11.4 Å². The van der Waals surface area contributed by atoms with Gasteiger partial charge in [0.2, 0.25) is 0 Å². The summed E-state index contributed by atoms with van der Waals surface area (Å²) in [5, 5.41) is 6.92. The molecule has 8 heteroatoms. The summed E-state index contributed by atoms with van der Waals surface area (Å²) in [5.74, 6) is -0.265. The zero-order valence-electron chi connectivity index (χ0n) is 15.9. The van der Waals surface area contributed by atoms with E-state index in [-0.39, 0.29) is 5.91 Å². The third-order valence-electron chi connectivity index (χ3n) is 4.39. The molecular weight excluding hydrogens is 376 g/mol. The summed E-state index contributed by atoms with van der Waals surface area (Å²) in [6, 6.07) is 12.4. The van der Waals surface area contributed by atoms with Gasteiger partial charge >= 0.3 is 0 Å². The van der Waals surface area contributed by atoms with Gasteiger partial charge < -0.3 is 5.32 Å².